The van der Waals surface area contributed by atoms with Gasteiger partial charge in [-0.2, -0.15) is 5.10 Å². The fourth-order valence-corrected chi connectivity index (χ4v) is 5.04. The summed E-state index contributed by atoms with van der Waals surface area (Å²) < 4.78 is 1.95. The van der Waals surface area contributed by atoms with Gasteiger partial charge in [0.25, 0.3) is 5.91 Å². The van der Waals surface area contributed by atoms with Crippen LogP contribution in [0.1, 0.15) is 46.2 Å². The summed E-state index contributed by atoms with van der Waals surface area (Å²) >= 11 is 0. The number of carbonyl (C=O) groups is 1. The van der Waals surface area contributed by atoms with Gasteiger partial charge in [0.1, 0.15) is 0 Å². The largest absolute Gasteiger partial charge is 0.381 e. The molecule has 192 valence electrons. The number of aryl methyl sites for hydroxylation is 3. The van der Waals surface area contributed by atoms with Gasteiger partial charge in [0.05, 0.1) is 28.7 Å². The first-order valence-electron chi connectivity index (χ1n) is 13.0. The van der Waals surface area contributed by atoms with Crippen molar-refractivity contribution in [3.8, 4) is 11.4 Å². The Morgan fingerprint density at radius 3 is 2.68 bits per heavy atom. The van der Waals surface area contributed by atoms with Crippen LogP contribution in [0.25, 0.3) is 22.3 Å². The van der Waals surface area contributed by atoms with Gasteiger partial charge in [-0.05, 0) is 71.0 Å². The number of anilines is 1. The molecule has 0 aliphatic carbocycles. The molecule has 1 saturated heterocycles. The summed E-state index contributed by atoms with van der Waals surface area (Å²) in [6.45, 7) is 11.4. The van der Waals surface area contributed by atoms with Gasteiger partial charge >= 0.3 is 0 Å². The minimum atomic E-state index is -0.0501. The van der Waals surface area contributed by atoms with E-state index in [9.17, 15) is 4.79 Å². The third-order valence-electron chi connectivity index (χ3n) is 7.10. The van der Waals surface area contributed by atoms with E-state index in [0.717, 1.165) is 70.9 Å². The first kappa shape index (κ1) is 24.9. The molecule has 0 unspecified atom stereocenters. The van der Waals surface area contributed by atoms with E-state index in [1.54, 1.807) is 4.90 Å². The molecule has 4 heterocycles. The highest BCUT2D eigenvalue weighted by Crippen LogP contribution is 2.28. The lowest BCUT2D eigenvalue weighted by Crippen LogP contribution is -2.27. The second-order valence-corrected chi connectivity index (χ2v) is 10.0. The van der Waals surface area contributed by atoms with Crippen molar-refractivity contribution in [2.24, 2.45) is 0 Å². The molecule has 1 amide bonds. The maximum atomic E-state index is 13.8. The lowest BCUT2D eigenvalue weighted by molar-refractivity contribution is 0.0787. The summed E-state index contributed by atoms with van der Waals surface area (Å²) in [5.41, 5.74) is 8.01. The van der Waals surface area contributed by atoms with Crippen molar-refractivity contribution in [3.63, 3.8) is 0 Å². The van der Waals surface area contributed by atoms with Crippen molar-refractivity contribution < 1.29 is 4.79 Å². The first-order valence-corrected chi connectivity index (χ1v) is 13.0. The van der Waals surface area contributed by atoms with Crippen molar-refractivity contribution in [1.82, 2.24) is 30.0 Å². The molecule has 1 fully saturated rings. The van der Waals surface area contributed by atoms with Crippen LogP contribution in [0, 0.1) is 20.8 Å². The molecule has 3 aromatic heterocycles. The molecule has 1 aliphatic heterocycles. The molecule has 0 saturated carbocycles. The van der Waals surface area contributed by atoms with E-state index in [1.165, 1.54) is 0 Å². The molecule has 37 heavy (non-hydrogen) atoms. The second kappa shape index (κ2) is 10.3. The normalized spacial score (nSPS) is 15.3. The van der Waals surface area contributed by atoms with Crippen LogP contribution in [-0.4, -0.2) is 56.7 Å². The van der Waals surface area contributed by atoms with Gasteiger partial charge in [-0.15, -0.1) is 0 Å². The van der Waals surface area contributed by atoms with Crippen molar-refractivity contribution in [3.05, 3.63) is 70.7 Å². The molecule has 0 spiro atoms. The number of carbonyl (C=O) groups excluding carboxylic acids is 1. The van der Waals surface area contributed by atoms with E-state index in [4.69, 9.17) is 9.97 Å². The summed E-state index contributed by atoms with van der Waals surface area (Å²) in [5.74, 6) is -0.0501. The van der Waals surface area contributed by atoms with Gasteiger partial charge in [0.2, 0.25) is 0 Å². The highest BCUT2D eigenvalue weighted by molar-refractivity contribution is 6.07. The molecule has 8 heteroatoms. The summed E-state index contributed by atoms with van der Waals surface area (Å²) in [4.78, 5) is 25.3. The van der Waals surface area contributed by atoms with Crippen LogP contribution < -0.4 is 10.6 Å². The SMILES string of the molecule is CCn1ncc(CN(C)C(=O)c2cc(-c3cc(N[C@@H]4CCNC4)cc(C)n3)nc3ccc(C)cc23)c1C. The number of benzene rings is 1. The molecule has 8 nitrogen and oxygen atoms in total. The number of nitrogens with one attached hydrogen (secondary N) is 2. The highest BCUT2D eigenvalue weighted by Gasteiger charge is 2.21. The fraction of sp³-hybridized carbons (Fsp3) is 0.379. The monoisotopic (exact) mass is 497 g/mol. The van der Waals surface area contributed by atoms with Gasteiger partial charge in [-0.1, -0.05) is 11.6 Å². The van der Waals surface area contributed by atoms with Crippen LogP contribution in [0.15, 0.2) is 42.6 Å². The zero-order valence-electron chi connectivity index (χ0n) is 22.3. The standard InChI is InChI=1S/C29H35N7O/c1-6-36-20(4)21(15-31-36)17-35(5)29(37)25-14-28(34-26-8-7-18(2)11-24(25)26)27-13-23(12-19(3)32-27)33-22-9-10-30-16-22/h7-8,11-15,22,30H,6,9-10,16-17H2,1-5H3,(H,32,33)/t22-/m1/s1. The zero-order valence-corrected chi connectivity index (χ0v) is 22.3. The fourth-order valence-electron chi connectivity index (χ4n) is 5.04. The van der Waals surface area contributed by atoms with Crippen LogP contribution in [0.4, 0.5) is 5.69 Å². The van der Waals surface area contributed by atoms with E-state index in [2.05, 4.69) is 28.7 Å². The van der Waals surface area contributed by atoms with E-state index in [-0.39, 0.29) is 5.91 Å². The molecule has 1 atom stereocenters. The number of fused-ring (bicyclic) bond motifs is 1. The third-order valence-corrected chi connectivity index (χ3v) is 7.10. The summed E-state index contributed by atoms with van der Waals surface area (Å²) in [7, 11) is 1.84. The molecule has 4 aromatic rings. The van der Waals surface area contributed by atoms with Crippen molar-refractivity contribution in [2.75, 3.05) is 25.5 Å². The van der Waals surface area contributed by atoms with E-state index in [1.807, 2.05) is 69.0 Å². The number of nitrogens with zero attached hydrogens (tertiary/aromatic N) is 5. The maximum Gasteiger partial charge on any atom is 0.254 e. The van der Waals surface area contributed by atoms with E-state index in [0.29, 0.717) is 23.8 Å². The van der Waals surface area contributed by atoms with E-state index >= 15 is 0 Å². The minimum Gasteiger partial charge on any atom is -0.381 e. The molecule has 1 aliphatic rings. The van der Waals surface area contributed by atoms with Crippen LogP contribution >= 0.6 is 0 Å². The van der Waals surface area contributed by atoms with Crippen LogP contribution in [0.2, 0.25) is 0 Å². The Bertz CT molecular complexity index is 1450. The Hall–Kier alpha value is -3.78. The number of hydrogen-bond donors (Lipinski definition) is 2. The topological polar surface area (TPSA) is 88.0 Å². The zero-order chi connectivity index (χ0) is 26.1. The Kier molecular flexibility index (Phi) is 6.93. The predicted octanol–water partition coefficient (Wildman–Crippen LogP) is 4.48. The molecule has 0 radical (unpaired) electrons. The average molecular weight is 498 g/mol. The molecular weight excluding hydrogens is 462 g/mol. The van der Waals surface area contributed by atoms with Gasteiger partial charge < -0.3 is 15.5 Å². The number of pyridine rings is 2. The van der Waals surface area contributed by atoms with Gasteiger partial charge in [-0.3, -0.25) is 14.5 Å². The lowest BCUT2D eigenvalue weighted by atomic mass is 10.0. The Morgan fingerprint density at radius 1 is 1.14 bits per heavy atom. The highest BCUT2D eigenvalue weighted by atomic mass is 16.2. The summed E-state index contributed by atoms with van der Waals surface area (Å²) in [5, 5.41) is 12.3. The van der Waals surface area contributed by atoms with Gasteiger partial charge in [-0.25, -0.2) is 4.98 Å². The molecule has 5 rings (SSSR count). The lowest BCUT2D eigenvalue weighted by Gasteiger charge is -2.19. The number of amides is 1. The average Bonchev–Trinajstić information content (AvgIpc) is 3.52. The smallest absolute Gasteiger partial charge is 0.254 e. The quantitative estimate of drug-likeness (QED) is 0.391. The number of aromatic nitrogens is 4. The molecule has 1 aromatic carbocycles. The Balaban J connectivity index is 1.53. The summed E-state index contributed by atoms with van der Waals surface area (Å²) in [6, 6.07) is 12.4. The van der Waals surface area contributed by atoms with Crippen molar-refractivity contribution in [2.45, 2.75) is 53.2 Å². The van der Waals surface area contributed by atoms with Crippen molar-refractivity contribution >= 4 is 22.5 Å². The van der Waals surface area contributed by atoms with Crippen LogP contribution in [0.5, 0.6) is 0 Å². The van der Waals surface area contributed by atoms with Gasteiger partial charge in [0.15, 0.2) is 0 Å². The first-order chi connectivity index (χ1) is 17.8. The Labute approximate surface area is 218 Å². The third kappa shape index (κ3) is 5.20. The van der Waals surface area contributed by atoms with E-state index < -0.39 is 0 Å². The number of rotatable bonds is 7. The number of hydrogen-bond acceptors (Lipinski definition) is 6. The molecule has 2 N–H and O–H groups in total. The minimum absolute atomic E-state index is 0.0501. The predicted molar refractivity (Wildman–Crippen MR) is 148 cm³/mol. The van der Waals surface area contributed by atoms with Gasteiger partial charge in [0, 0.05) is 60.7 Å². The van der Waals surface area contributed by atoms with Crippen LogP contribution in [-0.2, 0) is 13.1 Å². The Morgan fingerprint density at radius 2 is 1.95 bits per heavy atom. The second-order valence-electron chi connectivity index (χ2n) is 10.0. The van der Waals surface area contributed by atoms with Crippen molar-refractivity contribution in [1.29, 1.82) is 0 Å². The maximum absolute atomic E-state index is 13.8. The molecule has 0 bridgehead atoms. The van der Waals surface area contributed by atoms with Crippen LogP contribution in [0.3, 0.4) is 0 Å². The molecular formula is C29H35N7O. The summed E-state index contributed by atoms with van der Waals surface area (Å²) in [6.07, 6.45) is 2.94.